The van der Waals surface area contributed by atoms with Crippen LogP contribution in [-0.4, -0.2) is 27.6 Å². The van der Waals surface area contributed by atoms with E-state index >= 15 is 0 Å². The second-order valence-corrected chi connectivity index (χ2v) is 5.18. The number of hydrogen-bond acceptors (Lipinski definition) is 3. The van der Waals surface area contributed by atoms with Crippen molar-refractivity contribution in [3.8, 4) is 5.75 Å². The topological polar surface area (TPSA) is 86.6 Å². The number of aliphatic carboxylic acids is 1. The Morgan fingerprint density at radius 1 is 1.37 bits per heavy atom. The van der Waals surface area contributed by atoms with Crippen molar-refractivity contribution in [1.29, 1.82) is 0 Å². The first-order chi connectivity index (χ1) is 8.92. The largest absolute Gasteiger partial charge is 0.507 e. The van der Waals surface area contributed by atoms with Crippen molar-refractivity contribution in [1.82, 2.24) is 5.32 Å². The maximum absolute atomic E-state index is 12.1. The van der Waals surface area contributed by atoms with Gasteiger partial charge in [0.25, 0.3) is 5.91 Å². The van der Waals surface area contributed by atoms with Gasteiger partial charge in [-0.25, -0.2) is 0 Å². The van der Waals surface area contributed by atoms with Gasteiger partial charge in [-0.15, -0.1) is 0 Å². The van der Waals surface area contributed by atoms with Gasteiger partial charge in [0, 0.05) is 0 Å². The van der Waals surface area contributed by atoms with Crippen molar-refractivity contribution in [3.05, 3.63) is 29.3 Å². The first-order valence-corrected chi connectivity index (χ1v) is 6.26. The van der Waals surface area contributed by atoms with Crippen LogP contribution >= 0.6 is 0 Å². The highest BCUT2D eigenvalue weighted by atomic mass is 16.4. The minimum Gasteiger partial charge on any atom is -0.507 e. The van der Waals surface area contributed by atoms with Gasteiger partial charge in [0.15, 0.2) is 0 Å². The summed E-state index contributed by atoms with van der Waals surface area (Å²) in [6, 6.07) is 4.77. The van der Waals surface area contributed by atoms with Gasteiger partial charge in [0.2, 0.25) is 0 Å². The Hall–Kier alpha value is -2.04. The number of rotatable bonds is 4. The summed E-state index contributed by atoms with van der Waals surface area (Å²) in [6.07, 6.45) is 2.16. The smallest absolute Gasteiger partial charge is 0.305 e. The predicted octanol–water partition coefficient (Wildman–Crippen LogP) is 1.83. The fourth-order valence-corrected chi connectivity index (χ4v) is 2.38. The zero-order chi connectivity index (χ0) is 14.0. The molecule has 0 saturated heterocycles. The lowest BCUT2D eigenvalue weighted by atomic mass is 9.74. The quantitative estimate of drug-likeness (QED) is 0.773. The zero-order valence-corrected chi connectivity index (χ0v) is 10.8. The van der Waals surface area contributed by atoms with Gasteiger partial charge >= 0.3 is 5.97 Å². The molecule has 5 nitrogen and oxygen atoms in total. The van der Waals surface area contributed by atoms with E-state index in [0.717, 1.165) is 12.0 Å². The Morgan fingerprint density at radius 2 is 2.05 bits per heavy atom. The van der Waals surface area contributed by atoms with Gasteiger partial charge in [0.05, 0.1) is 17.5 Å². The van der Waals surface area contributed by atoms with E-state index in [2.05, 4.69) is 5.32 Å². The van der Waals surface area contributed by atoms with Crippen LogP contribution in [0.2, 0.25) is 0 Å². The first-order valence-electron chi connectivity index (χ1n) is 6.26. The van der Waals surface area contributed by atoms with Crippen LogP contribution in [0.15, 0.2) is 18.2 Å². The third-order valence-corrected chi connectivity index (χ3v) is 3.58. The molecular weight excluding hydrogens is 246 g/mol. The standard InChI is InChI=1S/C14H17NO4/c1-9-3-4-11(16)10(7-9)13(19)15-14(5-2-6-14)8-12(17)18/h3-4,7,16H,2,5-6,8H2,1H3,(H,15,19)(H,17,18). The zero-order valence-electron chi connectivity index (χ0n) is 10.8. The van der Waals surface area contributed by atoms with E-state index in [4.69, 9.17) is 5.11 Å². The van der Waals surface area contributed by atoms with Crippen molar-refractivity contribution in [2.45, 2.75) is 38.1 Å². The second-order valence-electron chi connectivity index (χ2n) is 5.18. The third-order valence-electron chi connectivity index (χ3n) is 3.58. The number of nitrogens with one attached hydrogen (secondary N) is 1. The van der Waals surface area contributed by atoms with E-state index in [1.807, 2.05) is 6.92 Å². The van der Waals surface area contributed by atoms with Gasteiger partial charge in [0.1, 0.15) is 5.75 Å². The molecule has 0 atom stereocenters. The van der Waals surface area contributed by atoms with Crippen LogP contribution in [0.3, 0.4) is 0 Å². The van der Waals surface area contributed by atoms with Gasteiger partial charge < -0.3 is 15.5 Å². The van der Waals surface area contributed by atoms with Crippen LogP contribution in [-0.2, 0) is 4.79 Å². The SMILES string of the molecule is Cc1ccc(O)c(C(=O)NC2(CC(=O)O)CCC2)c1. The second kappa shape index (κ2) is 4.91. The van der Waals surface area contributed by atoms with E-state index < -0.39 is 17.4 Å². The Labute approximate surface area is 111 Å². The fourth-order valence-electron chi connectivity index (χ4n) is 2.38. The van der Waals surface area contributed by atoms with Crippen molar-refractivity contribution in [3.63, 3.8) is 0 Å². The molecule has 0 aromatic heterocycles. The van der Waals surface area contributed by atoms with Crippen molar-refractivity contribution < 1.29 is 19.8 Å². The molecule has 1 aromatic rings. The molecule has 0 unspecified atom stereocenters. The van der Waals surface area contributed by atoms with Crippen LogP contribution in [0.1, 0.15) is 41.6 Å². The highest BCUT2D eigenvalue weighted by molar-refractivity contribution is 5.97. The minimum absolute atomic E-state index is 0.0781. The van der Waals surface area contributed by atoms with Crippen LogP contribution in [0, 0.1) is 6.92 Å². The Kier molecular flexibility index (Phi) is 3.46. The number of phenols is 1. The number of aromatic hydroxyl groups is 1. The van der Waals surface area contributed by atoms with E-state index in [0.29, 0.717) is 12.8 Å². The predicted molar refractivity (Wildman–Crippen MR) is 69.1 cm³/mol. The molecule has 0 aliphatic heterocycles. The summed E-state index contributed by atoms with van der Waals surface area (Å²) in [6.45, 7) is 1.83. The molecule has 102 valence electrons. The summed E-state index contributed by atoms with van der Waals surface area (Å²) in [5.74, 6) is -1.43. The fraction of sp³-hybridized carbons (Fsp3) is 0.429. The molecule has 1 saturated carbocycles. The summed E-state index contributed by atoms with van der Waals surface area (Å²) in [5, 5.41) is 21.4. The number of carbonyl (C=O) groups is 2. The lowest BCUT2D eigenvalue weighted by molar-refractivity contribution is -0.139. The lowest BCUT2D eigenvalue weighted by Crippen LogP contribution is -2.54. The summed E-state index contributed by atoms with van der Waals surface area (Å²) in [5.41, 5.74) is 0.402. The van der Waals surface area contributed by atoms with Gasteiger partial charge in [-0.3, -0.25) is 9.59 Å². The lowest BCUT2D eigenvalue weighted by Gasteiger charge is -2.41. The van der Waals surface area contributed by atoms with E-state index in [1.54, 1.807) is 12.1 Å². The van der Waals surface area contributed by atoms with Crippen molar-refractivity contribution in [2.75, 3.05) is 0 Å². The number of carboxylic acid groups (broad SMARTS) is 1. The molecule has 1 amide bonds. The van der Waals surface area contributed by atoms with Crippen molar-refractivity contribution in [2.24, 2.45) is 0 Å². The normalized spacial score (nSPS) is 16.5. The van der Waals surface area contributed by atoms with E-state index in [-0.39, 0.29) is 17.7 Å². The number of aryl methyl sites for hydroxylation is 1. The summed E-state index contributed by atoms with van der Waals surface area (Å²) in [4.78, 5) is 23.0. The van der Waals surface area contributed by atoms with Gasteiger partial charge in [-0.1, -0.05) is 11.6 Å². The molecule has 3 N–H and O–H groups in total. The third kappa shape index (κ3) is 2.86. The number of carbonyl (C=O) groups excluding carboxylic acids is 1. The molecule has 5 heteroatoms. The molecule has 0 spiro atoms. The minimum atomic E-state index is -0.923. The Bertz CT molecular complexity index is 520. The summed E-state index contributed by atoms with van der Waals surface area (Å²) >= 11 is 0. The van der Waals surface area contributed by atoms with Crippen LogP contribution in [0.25, 0.3) is 0 Å². The Balaban J connectivity index is 2.16. The number of hydrogen-bond donors (Lipinski definition) is 3. The average Bonchev–Trinajstić information content (AvgIpc) is 2.28. The maximum atomic E-state index is 12.1. The molecule has 2 rings (SSSR count). The molecule has 1 aromatic carbocycles. The maximum Gasteiger partial charge on any atom is 0.305 e. The highest BCUT2D eigenvalue weighted by Gasteiger charge is 2.40. The molecule has 0 heterocycles. The van der Waals surface area contributed by atoms with Gasteiger partial charge in [-0.05, 0) is 38.3 Å². The molecule has 0 radical (unpaired) electrons. The average molecular weight is 263 g/mol. The molecule has 1 fully saturated rings. The van der Waals surface area contributed by atoms with E-state index in [1.165, 1.54) is 6.07 Å². The molecular formula is C14H17NO4. The number of benzene rings is 1. The Morgan fingerprint density at radius 3 is 2.58 bits per heavy atom. The van der Waals surface area contributed by atoms with Crippen LogP contribution in [0.4, 0.5) is 0 Å². The molecule has 1 aliphatic carbocycles. The van der Waals surface area contributed by atoms with E-state index in [9.17, 15) is 14.7 Å². The highest BCUT2D eigenvalue weighted by Crippen LogP contribution is 2.35. The number of phenolic OH excluding ortho intramolecular Hbond substituents is 1. The van der Waals surface area contributed by atoms with Gasteiger partial charge in [-0.2, -0.15) is 0 Å². The van der Waals surface area contributed by atoms with Crippen LogP contribution < -0.4 is 5.32 Å². The van der Waals surface area contributed by atoms with Crippen LogP contribution in [0.5, 0.6) is 5.75 Å². The number of amides is 1. The van der Waals surface area contributed by atoms with Crippen molar-refractivity contribution >= 4 is 11.9 Å². The summed E-state index contributed by atoms with van der Waals surface area (Å²) < 4.78 is 0. The first kappa shape index (κ1) is 13.4. The molecule has 1 aliphatic rings. The number of carboxylic acids is 1. The monoisotopic (exact) mass is 263 g/mol. The molecule has 0 bridgehead atoms. The summed E-state index contributed by atoms with van der Waals surface area (Å²) in [7, 11) is 0. The molecule has 19 heavy (non-hydrogen) atoms.